The van der Waals surface area contributed by atoms with Gasteiger partial charge in [0.1, 0.15) is 5.82 Å². The summed E-state index contributed by atoms with van der Waals surface area (Å²) in [6.07, 6.45) is 4.22. The van der Waals surface area contributed by atoms with Crippen molar-refractivity contribution in [3.05, 3.63) is 29.6 Å². The zero-order chi connectivity index (χ0) is 13.8. The van der Waals surface area contributed by atoms with Crippen molar-refractivity contribution in [2.75, 3.05) is 12.4 Å². The molecule has 0 radical (unpaired) electrons. The maximum atomic E-state index is 13.8. The summed E-state index contributed by atoms with van der Waals surface area (Å²) in [6.45, 7) is 0. The molecule has 0 spiro atoms. The van der Waals surface area contributed by atoms with Crippen LogP contribution in [0.2, 0.25) is 0 Å². The number of benzene rings is 1. The van der Waals surface area contributed by atoms with Crippen LogP contribution in [0.25, 0.3) is 0 Å². The minimum Gasteiger partial charge on any atom is -0.380 e. The Bertz CT molecular complexity index is 456. The Morgan fingerprint density at radius 3 is 2.42 bits per heavy atom. The highest BCUT2D eigenvalue weighted by atomic mass is 19.1. The predicted molar refractivity (Wildman–Crippen MR) is 73.6 cm³/mol. The fourth-order valence-corrected chi connectivity index (χ4v) is 2.53. The van der Waals surface area contributed by atoms with Crippen LogP contribution in [0, 0.1) is 5.82 Å². The molecule has 1 aromatic carbocycles. The Morgan fingerprint density at radius 1 is 1.26 bits per heavy atom. The van der Waals surface area contributed by atoms with Crippen molar-refractivity contribution in [3.8, 4) is 0 Å². The molecule has 1 aliphatic carbocycles. The van der Waals surface area contributed by atoms with Crippen LogP contribution < -0.4 is 16.4 Å². The number of nitrogens with two attached hydrogens (primary N) is 1. The predicted octanol–water partition coefficient (Wildman–Crippen LogP) is 1.87. The second-order valence-corrected chi connectivity index (χ2v) is 5.04. The Kier molecular flexibility index (Phi) is 4.37. The average molecular weight is 265 g/mol. The van der Waals surface area contributed by atoms with Gasteiger partial charge >= 0.3 is 0 Å². The van der Waals surface area contributed by atoms with Gasteiger partial charge in [-0.15, -0.1) is 0 Å². The van der Waals surface area contributed by atoms with Gasteiger partial charge in [0.15, 0.2) is 0 Å². The summed E-state index contributed by atoms with van der Waals surface area (Å²) in [4.78, 5) is 11.0. The van der Waals surface area contributed by atoms with E-state index in [9.17, 15) is 9.18 Å². The van der Waals surface area contributed by atoms with Gasteiger partial charge < -0.3 is 16.4 Å². The quantitative estimate of drug-likeness (QED) is 0.778. The molecule has 0 unspecified atom stereocenters. The summed E-state index contributed by atoms with van der Waals surface area (Å²) >= 11 is 0. The largest absolute Gasteiger partial charge is 0.380 e. The van der Waals surface area contributed by atoms with Crippen LogP contribution in [-0.4, -0.2) is 25.0 Å². The molecule has 4 nitrogen and oxygen atoms in total. The SMILES string of the molecule is CNC1CCC(Nc2ccc(C(N)=O)cc2F)CC1. The van der Waals surface area contributed by atoms with Crippen molar-refractivity contribution in [1.82, 2.24) is 5.32 Å². The lowest BCUT2D eigenvalue weighted by Crippen LogP contribution is -2.35. The van der Waals surface area contributed by atoms with Crippen molar-refractivity contribution < 1.29 is 9.18 Å². The second-order valence-electron chi connectivity index (χ2n) is 5.04. The van der Waals surface area contributed by atoms with Crippen molar-refractivity contribution in [3.63, 3.8) is 0 Å². The topological polar surface area (TPSA) is 67.2 Å². The number of hydrogen-bond donors (Lipinski definition) is 3. The van der Waals surface area contributed by atoms with E-state index in [0.717, 1.165) is 25.7 Å². The van der Waals surface area contributed by atoms with Crippen LogP contribution in [0.5, 0.6) is 0 Å². The van der Waals surface area contributed by atoms with Gasteiger partial charge in [-0.2, -0.15) is 0 Å². The molecule has 19 heavy (non-hydrogen) atoms. The fourth-order valence-electron chi connectivity index (χ4n) is 2.53. The van der Waals surface area contributed by atoms with Crippen molar-refractivity contribution in [2.45, 2.75) is 37.8 Å². The van der Waals surface area contributed by atoms with E-state index in [1.165, 1.54) is 6.07 Å². The minimum atomic E-state index is -0.611. The number of halogens is 1. The van der Waals surface area contributed by atoms with E-state index >= 15 is 0 Å². The first-order valence-electron chi connectivity index (χ1n) is 6.63. The monoisotopic (exact) mass is 265 g/mol. The Morgan fingerprint density at radius 2 is 1.89 bits per heavy atom. The molecule has 4 N–H and O–H groups in total. The number of primary amides is 1. The zero-order valence-corrected chi connectivity index (χ0v) is 11.1. The van der Waals surface area contributed by atoms with E-state index in [1.54, 1.807) is 12.1 Å². The van der Waals surface area contributed by atoms with Crippen LogP contribution in [0.4, 0.5) is 10.1 Å². The first-order valence-corrected chi connectivity index (χ1v) is 6.63. The van der Waals surface area contributed by atoms with Crippen LogP contribution in [0.1, 0.15) is 36.0 Å². The standard InChI is InChI=1S/C14H20FN3O/c1-17-10-3-5-11(6-4-10)18-13-7-2-9(14(16)19)8-12(13)15/h2,7-8,10-11,17-18H,3-6H2,1H3,(H2,16,19). The average Bonchev–Trinajstić information content (AvgIpc) is 2.41. The Hall–Kier alpha value is -1.62. The first-order chi connectivity index (χ1) is 9.10. The number of carbonyl (C=O) groups excluding carboxylic acids is 1. The lowest BCUT2D eigenvalue weighted by atomic mass is 9.91. The van der Waals surface area contributed by atoms with Gasteiger partial charge in [0, 0.05) is 17.6 Å². The highest BCUT2D eigenvalue weighted by molar-refractivity contribution is 5.93. The van der Waals surface area contributed by atoms with Crippen LogP contribution >= 0.6 is 0 Å². The van der Waals surface area contributed by atoms with E-state index in [1.807, 2.05) is 7.05 Å². The van der Waals surface area contributed by atoms with Gasteiger partial charge in [0.2, 0.25) is 5.91 Å². The lowest BCUT2D eigenvalue weighted by molar-refractivity contribution is 0.1000. The second kappa shape index (κ2) is 6.02. The third-order valence-corrected chi connectivity index (χ3v) is 3.75. The number of hydrogen-bond acceptors (Lipinski definition) is 3. The van der Waals surface area contributed by atoms with E-state index in [2.05, 4.69) is 10.6 Å². The number of rotatable bonds is 4. The summed E-state index contributed by atoms with van der Waals surface area (Å²) < 4.78 is 13.8. The molecule has 104 valence electrons. The van der Waals surface area contributed by atoms with Crippen molar-refractivity contribution >= 4 is 11.6 Å². The van der Waals surface area contributed by atoms with Crippen molar-refractivity contribution in [2.24, 2.45) is 5.73 Å². The fraction of sp³-hybridized carbons (Fsp3) is 0.500. The molecule has 0 heterocycles. The minimum absolute atomic E-state index is 0.196. The molecule has 1 aromatic rings. The van der Waals surface area contributed by atoms with Gasteiger partial charge in [-0.05, 0) is 50.9 Å². The molecule has 0 bridgehead atoms. The molecule has 1 amide bonds. The maximum absolute atomic E-state index is 13.8. The molecule has 0 saturated heterocycles. The Balaban J connectivity index is 1.98. The summed E-state index contributed by atoms with van der Waals surface area (Å²) in [5, 5.41) is 6.47. The van der Waals surface area contributed by atoms with Crippen LogP contribution in [0.3, 0.4) is 0 Å². The third kappa shape index (κ3) is 3.44. The van der Waals surface area contributed by atoms with Gasteiger partial charge in [0.25, 0.3) is 0 Å². The molecule has 0 aliphatic heterocycles. The molecule has 0 aromatic heterocycles. The number of amides is 1. The van der Waals surface area contributed by atoms with E-state index in [-0.39, 0.29) is 5.56 Å². The molecule has 1 aliphatic rings. The number of carbonyl (C=O) groups is 1. The molecular weight excluding hydrogens is 245 g/mol. The van der Waals surface area contributed by atoms with E-state index in [4.69, 9.17) is 5.73 Å². The lowest BCUT2D eigenvalue weighted by Gasteiger charge is -2.29. The molecule has 1 fully saturated rings. The van der Waals surface area contributed by atoms with Crippen LogP contribution in [-0.2, 0) is 0 Å². The third-order valence-electron chi connectivity index (χ3n) is 3.75. The normalized spacial score (nSPS) is 23.1. The van der Waals surface area contributed by atoms with Gasteiger partial charge in [-0.1, -0.05) is 0 Å². The zero-order valence-electron chi connectivity index (χ0n) is 11.1. The summed E-state index contributed by atoms with van der Waals surface area (Å²) in [6, 6.07) is 5.18. The van der Waals surface area contributed by atoms with E-state index < -0.39 is 11.7 Å². The van der Waals surface area contributed by atoms with Crippen LogP contribution in [0.15, 0.2) is 18.2 Å². The molecule has 1 saturated carbocycles. The molecular formula is C14H20FN3O. The summed E-state index contributed by atoms with van der Waals surface area (Å²) in [7, 11) is 1.97. The highest BCUT2D eigenvalue weighted by Gasteiger charge is 2.20. The molecule has 5 heteroatoms. The van der Waals surface area contributed by atoms with Crippen molar-refractivity contribution in [1.29, 1.82) is 0 Å². The molecule has 2 rings (SSSR count). The van der Waals surface area contributed by atoms with E-state index in [0.29, 0.717) is 17.8 Å². The summed E-state index contributed by atoms with van der Waals surface area (Å²) in [5.74, 6) is -1.04. The van der Waals surface area contributed by atoms with Gasteiger partial charge in [-0.3, -0.25) is 4.79 Å². The highest BCUT2D eigenvalue weighted by Crippen LogP contribution is 2.24. The number of anilines is 1. The first kappa shape index (κ1) is 13.8. The molecule has 0 atom stereocenters. The maximum Gasteiger partial charge on any atom is 0.248 e. The smallest absolute Gasteiger partial charge is 0.248 e. The number of nitrogens with one attached hydrogen (secondary N) is 2. The Labute approximate surface area is 112 Å². The summed E-state index contributed by atoms with van der Waals surface area (Å²) in [5.41, 5.74) is 5.75. The van der Waals surface area contributed by atoms with Gasteiger partial charge in [0.05, 0.1) is 5.69 Å². The van der Waals surface area contributed by atoms with Gasteiger partial charge in [-0.25, -0.2) is 4.39 Å².